The molecular formula is C25H45ClN2O2. The molecule has 0 amide bonds. The zero-order chi connectivity index (χ0) is 20.6. The minimum Gasteiger partial charge on any atom is -0.314 e. The normalized spacial score (nSPS) is 45.0. The fraction of sp³-hybridized carbons (Fsp3) is 1.00. The van der Waals surface area contributed by atoms with Crippen molar-refractivity contribution in [2.24, 2.45) is 34.5 Å². The van der Waals surface area contributed by atoms with Crippen LogP contribution in [0.25, 0.3) is 0 Å². The molecule has 4 rings (SSSR count). The van der Waals surface area contributed by atoms with Crippen molar-refractivity contribution in [3.8, 4) is 0 Å². The summed E-state index contributed by atoms with van der Waals surface area (Å²) in [4.78, 5) is 11.8. The summed E-state index contributed by atoms with van der Waals surface area (Å²) in [6, 6.07) is 0.442. The van der Waals surface area contributed by atoms with Crippen LogP contribution in [0.2, 0.25) is 0 Å². The van der Waals surface area contributed by atoms with Crippen LogP contribution in [0.15, 0.2) is 0 Å². The van der Waals surface area contributed by atoms with Crippen LogP contribution in [0.5, 0.6) is 0 Å². The molecule has 0 saturated heterocycles. The Morgan fingerprint density at radius 3 is 2.40 bits per heavy atom. The monoisotopic (exact) mass is 440 g/mol. The lowest BCUT2D eigenvalue weighted by Gasteiger charge is -2.60. The lowest BCUT2D eigenvalue weighted by molar-refractivity contribution is -0.540. The van der Waals surface area contributed by atoms with Crippen LogP contribution < -0.4 is 5.32 Å². The van der Waals surface area contributed by atoms with E-state index in [1.54, 1.807) is 0 Å². The van der Waals surface area contributed by atoms with E-state index in [1.807, 2.05) is 0 Å². The maximum absolute atomic E-state index is 11.7. The summed E-state index contributed by atoms with van der Waals surface area (Å²) in [7, 11) is 0. The van der Waals surface area contributed by atoms with Crippen LogP contribution in [0.1, 0.15) is 104 Å². The Morgan fingerprint density at radius 2 is 1.67 bits per heavy atom. The SMILES string of the molecule is CCCCCCN[C@@H]1CC[C@@]2(C)[C@@H](CC[C@@H]3[C@@H]2CC[C@]2(C)[C@@H]([N+](=O)[O-])CC[C@@H]32)C1.Cl. The number of hydrogen-bond acceptors (Lipinski definition) is 3. The summed E-state index contributed by atoms with van der Waals surface area (Å²) in [5.74, 6) is 3.03. The predicted molar refractivity (Wildman–Crippen MR) is 126 cm³/mol. The Labute approximate surface area is 190 Å². The smallest absolute Gasteiger partial charge is 0.218 e. The first-order valence-electron chi connectivity index (χ1n) is 12.8. The average Bonchev–Trinajstić information content (AvgIpc) is 3.05. The Morgan fingerprint density at radius 1 is 0.933 bits per heavy atom. The first-order chi connectivity index (χ1) is 13.9. The third kappa shape index (κ3) is 4.17. The van der Waals surface area contributed by atoms with Gasteiger partial charge >= 0.3 is 0 Å². The molecule has 4 aliphatic carbocycles. The molecule has 4 nitrogen and oxygen atoms in total. The van der Waals surface area contributed by atoms with Crippen molar-refractivity contribution in [3.05, 3.63) is 10.1 Å². The molecule has 0 aliphatic heterocycles. The standard InChI is InChI=1S/C25H44N2O2.ClH/c1-4-5-6-7-16-26-19-12-14-24(2)18(17-19)8-9-20-21-10-11-23(27(28)29)25(21,3)15-13-22(20)24;/h18-23,26H,4-17H2,1-3H3;1H/t18-,19+,20-,21-,22-,23-,24-,25-;/m0./s1. The molecule has 0 heterocycles. The van der Waals surface area contributed by atoms with E-state index >= 15 is 0 Å². The molecule has 174 valence electrons. The van der Waals surface area contributed by atoms with Gasteiger partial charge in [-0.05, 0) is 93.4 Å². The van der Waals surface area contributed by atoms with Gasteiger partial charge in [0.15, 0.2) is 0 Å². The first kappa shape index (κ1) is 24.3. The van der Waals surface area contributed by atoms with Crippen LogP contribution >= 0.6 is 12.4 Å². The van der Waals surface area contributed by atoms with Gasteiger partial charge in [0, 0.05) is 22.8 Å². The fourth-order valence-corrected chi connectivity index (χ4v) is 8.62. The fourth-order valence-electron chi connectivity index (χ4n) is 8.62. The molecule has 4 saturated carbocycles. The van der Waals surface area contributed by atoms with E-state index < -0.39 is 0 Å². The van der Waals surface area contributed by atoms with Crippen LogP contribution in [-0.2, 0) is 0 Å². The molecule has 0 aromatic heterocycles. The van der Waals surface area contributed by atoms with E-state index in [4.69, 9.17) is 0 Å². The molecule has 0 aromatic rings. The summed E-state index contributed by atoms with van der Waals surface area (Å²) in [6.07, 6.45) is 16.4. The number of unbranched alkanes of at least 4 members (excludes halogenated alkanes) is 3. The molecule has 0 bridgehead atoms. The van der Waals surface area contributed by atoms with Crippen molar-refractivity contribution in [2.75, 3.05) is 6.54 Å². The molecule has 4 fully saturated rings. The van der Waals surface area contributed by atoms with Crippen LogP contribution in [0.3, 0.4) is 0 Å². The maximum Gasteiger partial charge on any atom is 0.218 e. The molecule has 4 aliphatic rings. The Kier molecular flexibility index (Phi) is 7.81. The van der Waals surface area contributed by atoms with Crippen molar-refractivity contribution in [1.29, 1.82) is 0 Å². The topological polar surface area (TPSA) is 55.2 Å². The minimum absolute atomic E-state index is 0. The van der Waals surface area contributed by atoms with Gasteiger partial charge in [-0.1, -0.05) is 40.0 Å². The van der Waals surface area contributed by atoms with Gasteiger partial charge in [0.1, 0.15) is 0 Å². The molecule has 30 heavy (non-hydrogen) atoms. The van der Waals surface area contributed by atoms with Crippen molar-refractivity contribution in [1.82, 2.24) is 5.32 Å². The highest BCUT2D eigenvalue weighted by atomic mass is 35.5. The number of fused-ring (bicyclic) bond motifs is 5. The number of nitrogens with zero attached hydrogens (tertiary/aromatic N) is 1. The van der Waals surface area contributed by atoms with Crippen LogP contribution in [-0.4, -0.2) is 23.6 Å². The Hall–Kier alpha value is -0.350. The van der Waals surface area contributed by atoms with Gasteiger partial charge < -0.3 is 5.32 Å². The maximum atomic E-state index is 11.7. The van der Waals surface area contributed by atoms with Gasteiger partial charge in [0.25, 0.3) is 0 Å². The number of nitrogens with one attached hydrogen (secondary N) is 1. The minimum atomic E-state index is -0.286. The third-order valence-corrected chi connectivity index (χ3v) is 10.3. The molecule has 1 N–H and O–H groups in total. The zero-order valence-electron chi connectivity index (χ0n) is 19.5. The third-order valence-electron chi connectivity index (χ3n) is 10.3. The van der Waals surface area contributed by atoms with Crippen molar-refractivity contribution < 1.29 is 4.92 Å². The van der Waals surface area contributed by atoms with Crippen LogP contribution in [0.4, 0.5) is 0 Å². The molecule has 8 atom stereocenters. The molecule has 0 radical (unpaired) electrons. The average molecular weight is 441 g/mol. The second-order valence-electron chi connectivity index (χ2n) is 11.6. The summed E-state index contributed by atoms with van der Waals surface area (Å²) >= 11 is 0. The van der Waals surface area contributed by atoms with Gasteiger partial charge in [-0.15, -0.1) is 12.4 Å². The number of hydrogen-bond donors (Lipinski definition) is 1. The number of halogens is 1. The molecular weight excluding hydrogens is 396 g/mol. The second kappa shape index (κ2) is 9.65. The second-order valence-corrected chi connectivity index (χ2v) is 11.6. The highest BCUT2D eigenvalue weighted by Crippen LogP contribution is 2.66. The highest BCUT2D eigenvalue weighted by Gasteiger charge is 2.63. The largest absolute Gasteiger partial charge is 0.314 e. The van der Waals surface area contributed by atoms with Gasteiger partial charge in [-0.2, -0.15) is 0 Å². The van der Waals surface area contributed by atoms with Gasteiger partial charge in [0.2, 0.25) is 6.04 Å². The van der Waals surface area contributed by atoms with Crippen molar-refractivity contribution in [2.45, 2.75) is 116 Å². The molecule has 0 aromatic carbocycles. The zero-order valence-corrected chi connectivity index (χ0v) is 20.4. The van der Waals surface area contributed by atoms with E-state index in [1.165, 1.54) is 70.8 Å². The molecule has 0 spiro atoms. The van der Waals surface area contributed by atoms with E-state index in [9.17, 15) is 10.1 Å². The van der Waals surface area contributed by atoms with Gasteiger partial charge in [-0.25, -0.2) is 0 Å². The Balaban J connectivity index is 0.00000256. The molecule has 0 unspecified atom stereocenters. The van der Waals surface area contributed by atoms with E-state index in [2.05, 4.69) is 26.1 Å². The lowest BCUT2D eigenvalue weighted by atomic mass is 9.45. The summed E-state index contributed by atoms with van der Waals surface area (Å²) in [5.41, 5.74) is 0.447. The Bertz CT molecular complexity index is 602. The van der Waals surface area contributed by atoms with E-state index in [-0.39, 0.29) is 28.8 Å². The predicted octanol–water partition coefficient (Wildman–Crippen LogP) is 6.63. The van der Waals surface area contributed by atoms with Gasteiger partial charge in [0.05, 0.1) is 0 Å². The van der Waals surface area contributed by atoms with Crippen molar-refractivity contribution >= 4 is 12.4 Å². The number of rotatable bonds is 7. The van der Waals surface area contributed by atoms with E-state index in [0.29, 0.717) is 11.3 Å². The van der Waals surface area contributed by atoms with E-state index in [0.717, 1.165) is 43.1 Å². The summed E-state index contributed by atoms with van der Waals surface area (Å²) in [5, 5.41) is 15.6. The van der Waals surface area contributed by atoms with Crippen LogP contribution in [0, 0.1) is 44.6 Å². The summed E-state index contributed by atoms with van der Waals surface area (Å²) < 4.78 is 0. The quantitative estimate of drug-likeness (QED) is 0.274. The number of nitro groups is 1. The first-order valence-corrected chi connectivity index (χ1v) is 12.8. The summed E-state index contributed by atoms with van der Waals surface area (Å²) in [6.45, 7) is 8.35. The molecule has 5 heteroatoms. The van der Waals surface area contributed by atoms with Crippen molar-refractivity contribution in [3.63, 3.8) is 0 Å². The van der Waals surface area contributed by atoms with Gasteiger partial charge in [-0.3, -0.25) is 10.1 Å². The lowest BCUT2D eigenvalue weighted by Crippen LogP contribution is -2.56. The highest BCUT2D eigenvalue weighted by molar-refractivity contribution is 5.85.